The lowest BCUT2D eigenvalue weighted by Gasteiger charge is -2.24. The quantitative estimate of drug-likeness (QED) is 0.801. The summed E-state index contributed by atoms with van der Waals surface area (Å²) in [6.45, 7) is 1.62. The van der Waals surface area contributed by atoms with Crippen molar-refractivity contribution in [2.75, 3.05) is 6.54 Å². The second kappa shape index (κ2) is 4.49. The number of hydrogen-bond acceptors (Lipinski definition) is 3. The minimum Gasteiger partial charge on any atom is -0.354 e. The molecule has 1 atom stereocenters. The van der Waals surface area contributed by atoms with Gasteiger partial charge in [0, 0.05) is 25.3 Å². The van der Waals surface area contributed by atoms with Gasteiger partial charge in [-0.1, -0.05) is 0 Å². The predicted octanol–water partition coefficient (Wildman–Crippen LogP) is 0.586. The Morgan fingerprint density at radius 3 is 3.12 bits per heavy atom. The van der Waals surface area contributed by atoms with Crippen LogP contribution < -0.4 is 10.6 Å². The van der Waals surface area contributed by atoms with Crippen LogP contribution in [-0.2, 0) is 11.3 Å². The summed E-state index contributed by atoms with van der Waals surface area (Å²) in [5.41, 5.74) is 1.11. The molecule has 5 nitrogen and oxygen atoms in total. The number of imidazole rings is 1. The summed E-state index contributed by atoms with van der Waals surface area (Å²) < 4.78 is 2.02. The van der Waals surface area contributed by atoms with E-state index in [2.05, 4.69) is 15.6 Å². The molecule has 1 aromatic heterocycles. The van der Waals surface area contributed by atoms with Crippen LogP contribution in [0.15, 0.2) is 12.5 Å². The Morgan fingerprint density at radius 1 is 1.47 bits per heavy atom. The van der Waals surface area contributed by atoms with Crippen LogP contribution in [0.5, 0.6) is 0 Å². The molecule has 0 aromatic carbocycles. The van der Waals surface area contributed by atoms with Gasteiger partial charge in [-0.15, -0.1) is 0 Å². The van der Waals surface area contributed by atoms with Crippen molar-refractivity contribution < 1.29 is 4.79 Å². The Bertz CT molecular complexity index is 410. The summed E-state index contributed by atoms with van der Waals surface area (Å²) in [6, 6.07) is 0.612. The molecule has 1 amide bonds. The average molecular weight is 234 g/mol. The van der Waals surface area contributed by atoms with Crippen LogP contribution in [0.1, 0.15) is 37.4 Å². The highest BCUT2D eigenvalue weighted by atomic mass is 16.2. The first-order valence-corrected chi connectivity index (χ1v) is 6.36. The third-order valence-corrected chi connectivity index (χ3v) is 3.49. The zero-order valence-corrected chi connectivity index (χ0v) is 9.85. The maximum Gasteiger partial charge on any atom is 0.243 e. The van der Waals surface area contributed by atoms with Gasteiger partial charge in [0.05, 0.1) is 12.0 Å². The maximum absolute atomic E-state index is 11.8. The minimum absolute atomic E-state index is 0.0674. The van der Waals surface area contributed by atoms with Gasteiger partial charge in [0.15, 0.2) is 0 Å². The van der Waals surface area contributed by atoms with Gasteiger partial charge in [-0.2, -0.15) is 0 Å². The topological polar surface area (TPSA) is 59.0 Å². The molecule has 2 N–H and O–H groups in total. The minimum atomic E-state index is -0.0674. The number of nitrogens with zero attached hydrogens (tertiary/aromatic N) is 2. The Labute approximate surface area is 101 Å². The molecule has 92 valence electrons. The first-order chi connectivity index (χ1) is 8.34. The van der Waals surface area contributed by atoms with E-state index < -0.39 is 0 Å². The number of carbonyl (C=O) groups excluding carboxylic acids is 1. The summed E-state index contributed by atoms with van der Waals surface area (Å²) in [5, 5.41) is 6.38. The monoisotopic (exact) mass is 234 g/mol. The van der Waals surface area contributed by atoms with Gasteiger partial charge in [-0.05, 0) is 25.7 Å². The van der Waals surface area contributed by atoms with Gasteiger partial charge in [0.25, 0.3) is 0 Å². The van der Waals surface area contributed by atoms with Crippen LogP contribution in [0.3, 0.4) is 0 Å². The molecule has 0 bridgehead atoms. The van der Waals surface area contributed by atoms with Crippen LogP contribution >= 0.6 is 0 Å². The fraction of sp³-hybridized carbons (Fsp3) is 0.667. The van der Waals surface area contributed by atoms with E-state index in [0.29, 0.717) is 6.04 Å². The molecule has 1 aromatic rings. The highest BCUT2D eigenvalue weighted by Crippen LogP contribution is 2.22. The lowest BCUT2D eigenvalue weighted by molar-refractivity contribution is -0.125. The summed E-state index contributed by atoms with van der Waals surface area (Å²) in [7, 11) is 0. The van der Waals surface area contributed by atoms with Gasteiger partial charge in [-0.3, -0.25) is 4.79 Å². The molecule has 2 heterocycles. The average Bonchev–Trinajstić information content (AvgIpc) is 3.06. The zero-order chi connectivity index (χ0) is 11.7. The van der Waals surface area contributed by atoms with Gasteiger partial charge in [-0.25, -0.2) is 4.98 Å². The third kappa shape index (κ3) is 2.34. The lowest BCUT2D eigenvalue weighted by atomic mass is 10.1. The van der Waals surface area contributed by atoms with Crippen LogP contribution in [0, 0.1) is 0 Å². The van der Waals surface area contributed by atoms with Gasteiger partial charge in [0.2, 0.25) is 5.91 Å². The summed E-state index contributed by atoms with van der Waals surface area (Å²) in [4.78, 5) is 16.0. The summed E-state index contributed by atoms with van der Waals surface area (Å²) >= 11 is 0. The number of rotatable bonds is 4. The maximum atomic E-state index is 11.8. The largest absolute Gasteiger partial charge is 0.354 e. The van der Waals surface area contributed by atoms with Crippen LogP contribution in [-0.4, -0.2) is 28.0 Å². The summed E-state index contributed by atoms with van der Waals surface area (Å²) in [6.07, 6.45) is 8.15. The Kier molecular flexibility index (Phi) is 2.84. The van der Waals surface area contributed by atoms with Crippen LogP contribution in [0.4, 0.5) is 0 Å². The lowest BCUT2D eigenvalue weighted by Crippen LogP contribution is -2.38. The molecular formula is C12H18N4O. The molecule has 3 rings (SSSR count). The SMILES string of the molecule is O=C1NCCCC1n1cncc1CNC1CC1. The van der Waals surface area contributed by atoms with Crippen LogP contribution in [0.2, 0.25) is 0 Å². The number of piperidine rings is 1. The standard InChI is InChI=1S/C12H18N4O/c17-12-11(2-1-5-14-12)16-8-13-6-10(16)7-15-9-3-4-9/h6,8-9,11,15H,1-5,7H2,(H,14,17). The van der Waals surface area contributed by atoms with E-state index in [1.165, 1.54) is 12.8 Å². The Hall–Kier alpha value is -1.36. The van der Waals surface area contributed by atoms with Gasteiger partial charge in [0.1, 0.15) is 6.04 Å². The number of nitrogens with one attached hydrogen (secondary N) is 2. The second-order valence-electron chi connectivity index (χ2n) is 4.90. The predicted molar refractivity (Wildman–Crippen MR) is 63.4 cm³/mol. The first-order valence-electron chi connectivity index (χ1n) is 6.36. The first kappa shape index (κ1) is 10.8. The highest BCUT2D eigenvalue weighted by molar-refractivity contribution is 5.81. The van der Waals surface area contributed by atoms with Crippen molar-refractivity contribution in [3.05, 3.63) is 18.2 Å². The van der Waals surface area contributed by atoms with Crippen molar-refractivity contribution in [3.63, 3.8) is 0 Å². The number of aromatic nitrogens is 2. The van der Waals surface area contributed by atoms with E-state index in [0.717, 1.165) is 31.6 Å². The van der Waals surface area contributed by atoms with E-state index in [1.807, 2.05) is 10.8 Å². The van der Waals surface area contributed by atoms with Crippen molar-refractivity contribution in [1.82, 2.24) is 20.2 Å². The number of carbonyl (C=O) groups is 1. The molecule has 1 saturated heterocycles. The number of hydrogen-bond donors (Lipinski definition) is 2. The van der Waals surface area contributed by atoms with Crippen molar-refractivity contribution in [1.29, 1.82) is 0 Å². The molecule has 1 saturated carbocycles. The van der Waals surface area contributed by atoms with E-state index >= 15 is 0 Å². The molecule has 5 heteroatoms. The molecule has 17 heavy (non-hydrogen) atoms. The normalized spacial score (nSPS) is 24.7. The molecule has 1 unspecified atom stereocenters. The number of amides is 1. The summed E-state index contributed by atoms with van der Waals surface area (Å²) in [5.74, 6) is 0.127. The Morgan fingerprint density at radius 2 is 2.35 bits per heavy atom. The molecule has 2 aliphatic rings. The molecule has 1 aliphatic heterocycles. The van der Waals surface area contributed by atoms with E-state index in [-0.39, 0.29) is 11.9 Å². The molecule has 1 aliphatic carbocycles. The highest BCUT2D eigenvalue weighted by Gasteiger charge is 2.26. The third-order valence-electron chi connectivity index (χ3n) is 3.49. The van der Waals surface area contributed by atoms with Gasteiger partial charge < -0.3 is 15.2 Å². The van der Waals surface area contributed by atoms with Crippen molar-refractivity contribution >= 4 is 5.91 Å². The van der Waals surface area contributed by atoms with Crippen molar-refractivity contribution in [2.24, 2.45) is 0 Å². The molecular weight excluding hydrogens is 216 g/mol. The molecule has 2 fully saturated rings. The second-order valence-corrected chi connectivity index (χ2v) is 4.90. The molecule has 0 spiro atoms. The Balaban J connectivity index is 1.71. The van der Waals surface area contributed by atoms with E-state index in [1.54, 1.807) is 6.33 Å². The van der Waals surface area contributed by atoms with E-state index in [9.17, 15) is 4.79 Å². The van der Waals surface area contributed by atoms with Crippen molar-refractivity contribution in [2.45, 2.75) is 44.3 Å². The molecule has 0 radical (unpaired) electrons. The van der Waals surface area contributed by atoms with Crippen LogP contribution in [0.25, 0.3) is 0 Å². The van der Waals surface area contributed by atoms with E-state index in [4.69, 9.17) is 0 Å². The zero-order valence-electron chi connectivity index (χ0n) is 9.85. The van der Waals surface area contributed by atoms with Crippen molar-refractivity contribution in [3.8, 4) is 0 Å². The fourth-order valence-electron chi connectivity index (χ4n) is 2.31. The van der Waals surface area contributed by atoms with Gasteiger partial charge >= 0.3 is 0 Å². The smallest absolute Gasteiger partial charge is 0.243 e. The fourth-order valence-corrected chi connectivity index (χ4v) is 2.31.